The summed E-state index contributed by atoms with van der Waals surface area (Å²) in [5, 5.41) is 40.0. The molecular formula is C103H123FN22O12. The maximum atomic E-state index is 14.7. The van der Waals surface area contributed by atoms with Crippen LogP contribution in [0.1, 0.15) is 336 Å². The number of nitrogens with one attached hydrogen (secondary N) is 2. The maximum absolute atomic E-state index is 14.7. The van der Waals surface area contributed by atoms with Crippen LogP contribution in [0, 0.1) is 27.5 Å². The van der Waals surface area contributed by atoms with Crippen LogP contribution in [-0.4, -0.2) is 107 Å². The van der Waals surface area contributed by atoms with E-state index in [1.165, 1.54) is 31.4 Å². The van der Waals surface area contributed by atoms with Crippen LogP contribution < -0.4 is 56.5 Å². The Balaban J connectivity index is 0.000000132. The molecule has 11 aliphatic rings. The van der Waals surface area contributed by atoms with E-state index in [2.05, 4.69) is 86.3 Å². The average molecular weight is 1890 g/mol. The molecule has 12 aromatic rings. The molecule has 138 heavy (non-hydrogen) atoms. The van der Waals surface area contributed by atoms with Gasteiger partial charge in [-0.15, -0.1) is 0 Å². The number of carbonyl (C=O) groups is 8. The van der Waals surface area contributed by atoms with Crippen LogP contribution in [0.4, 0.5) is 39.4 Å². The fraction of sp³-hybridized carbons (Fsp3) is 0.456. The summed E-state index contributed by atoms with van der Waals surface area (Å²) < 4.78 is 87.9. The molecule has 4 atom stereocenters. The number of anilines is 6. The molecule has 0 aliphatic heterocycles. The first-order valence-electron chi connectivity index (χ1n) is 49.6. The molecule has 8 heterocycles. The van der Waals surface area contributed by atoms with E-state index in [9.17, 15) is 42.7 Å². The van der Waals surface area contributed by atoms with Crippen molar-refractivity contribution < 1.29 is 69.1 Å². The second-order valence-electron chi connectivity index (χ2n) is 43.0. The molecule has 11 fully saturated rings. The number of primary amides is 4. The number of amides is 6. The van der Waals surface area contributed by atoms with Gasteiger partial charge in [-0.25, -0.2) is 23.1 Å². The van der Waals surface area contributed by atoms with E-state index < -0.39 is 72.8 Å². The van der Waals surface area contributed by atoms with E-state index >= 15 is 0 Å². The minimum absolute atomic E-state index is 0.0157. The van der Waals surface area contributed by atoms with Crippen LogP contribution in [0.25, 0.3) is 45.0 Å². The third kappa shape index (κ3) is 17.7. The highest BCUT2D eigenvalue weighted by Crippen LogP contribution is 2.75. The number of carbonyl (C=O) groups excluding carboxylic acids is 8. The zero-order chi connectivity index (χ0) is 104. The lowest BCUT2D eigenvalue weighted by molar-refractivity contribution is -0.129. The minimum Gasteiger partial charge on any atom is -0.383 e. The minimum atomic E-state index is -3.02. The van der Waals surface area contributed by atoms with E-state index in [-0.39, 0.29) is 132 Å². The largest absolute Gasteiger partial charge is 0.383 e. The number of rotatable bonds is 30. The number of nitrogens with zero attached hydrogens (tertiary/aromatic N) is 12. The fourth-order valence-corrected chi connectivity index (χ4v) is 21.8. The van der Waals surface area contributed by atoms with Gasteiger partial charge < -0.3 is 64.0 Å². The summed E-state index contributed by atoms with van der Waals surface area (Å²) in [7, 11) is 0. The predicted molar refractivity (Wildman–Crippen MR) is 517 cm³/mol. The lowest BCUT2D eigenvalue weighted by Gasteiger charge is -2.68. The van der Waals surface area contributed by atoms with E-state index in [4.69, 9.17) is 72.2 Å². The van der Waals surface area contributed by atoms with Gasteiger partial charge in [0.15, 0.2) is 11.6 Å². The lowest BCUT2D eigenvalue weighted by Crippen LogP contribution is -2.63. The summed E-state index contributed by atoms with van der Waals surface area (Å²) in [5.41, 5.74) is 58.5. The van der Waals surface area contributed by atoms with Gasteiger partial charge >= 0.3 is 0 Å². The molecule has 18 N–H and O–H groups in total. The quantitative estimate of drug-likeness (QED) is 0.0200. The molecule has 6 bridgehead atoms. The van der Waals surface area contributed by atoms with Crippen molar-refractivity contribution in [3.05, 3.63) is 200 Å². The third-order valence-corrected chi connectivity index (χ3v) is 29.6. The Hall–Kier alpha value is -14.2. The van der Waals surface area contributed by atoms with Gasteiger partial charge in [-0.2, -0.15) is 20.4 Å². The molecule has 35 heteroatoms. The Morgan fingerprint density at radius 3 is 1.05 bits per heavy atom. The topological polar surface area (TPSA) is 544 Å². The maximum Gasteiger partial charge on any atom is 0.254 e. The van der Waals surface area contributed by atoms with Crippen molar-refractivity contribution in [2.24, 2.45) is 44.6 Å². The third-order valence-electron chi connectivity index (χ3n) is 29.6. The molecule has 4 unspecified atom stereocenters. The average Bonchev–Trinajstić information content (AvgIpc) is 1.04. The van der Waals surface area contributed by atoms with Crippen LogP contribution in [0.5, 0.6) is 0 Å². The van der Waals surface area contributed by atoms with Gasteiger partial charge in [0, 0.05) is 95.3 Å². The summed E-state index contributed by atoms with van der Waals surface area (Å²) in [5.74, 6) is -4.36. The number of nitrogen functional groups attached to an aromatic ring is 4. The number of benzene rings is 4. The number of Topliss-reactive ketones (excluding diaryl/α,β-unsaturated/α-hetero) is 2. The zero-order valence-electron chi connectivity index (χ0n) is 86.0. The number of ketones is 2. The van der Waals surface area contributed by atoms with Crippen LogP contribution in [0.15, 0.2) is 133 Å². The van der Waals surface area contributed by atoms with Crippen LogP contribution in [0.3, 0.4) is 0 Å². The van der Waals surface area contributed by atoms with E-state index in [1.807, 2.05) is 146 Å². The normalized spacial score (nSPS) is 23.3. The number of hydrogen-bond donors (Lipinski definition) is 10. The number of aromatic nitrogens is 12. The fourth-order valence-electron chi connectivity index (χ4n) is 21.8. The highest BCUT2D eigenvalue weighted by Gasteiger charge is 2.69. The summed E-state index contributed by atoms with van der Waals surface area (Å²) in [6.07, 6.45) is 14.4. The molecule has 4 aromatic carbocycles. The predicted octanol–water partition coefficient (Wildman–Crippen LogP) is 16.4. The van der Waals surface area contributed by atoms with Crippen molar-refractivity contribution in [2.75, 3.05) is 33.6 Å². The van der Waals surface area contributed by atoms with Crippen molar-refractivity contribution in [2.45, 2.75) is 276 Å². The molecule has 11 aliphatic carbocycles. The Morgan fingerprint density at radius 1 is 0.420 bits per heavy atom. The Labute approximate surface area is 806 Å². The van der Waals surface area contributed by atoms with Crippen LogP contribution >= 0.6 is 0 Å². The number of hydrogen-bond acceptors (Lipinski definition) is 24. The van der Waals surface area contributed by atoms with Crippen LogP contribution in [-0.2, 0) is 65.8 Å². The van der Waals surface area contributed by atoms with Gasteiger partial charge in [0.2, 0.25) is 23.6 Å². The summed E-state index contributed by atoms with van der Waals surface area (Å²) in [4.78, 5) is 100. The van der Waals surface area contributed by atoms with Gasteiger partial charge in [0.05, 0.1) is 52.8 Å². The first kappa shape index (κ1) is 87.9. The van der Waals surface area contributed by atoms with Gasteiger partial charge in [0.25, 0.3) is 23.6 Å². The van der Waals surface area contributed by atoms with Gasteiger partial charge in [-0.3, -0.25) is 49.0 Å². The SMILES string of the molecule is CC(C(=O)Cc1cc(C23CC(C)(C2)C3)no1)c1ccc(-c2nn(C(C)C)c(N)c2C(N)=O)cc1.CC(C(=O)Nc1cc(C23CC(C)(C2)C3)no1)c1ccc(-c2nn(C3(C)CC3)c(N)c2C(N)=O)cc1.CC(C(=O)Nc1cc(C23CC(C)(C2)C3)no1)c1ccc(-c2nn(C3(C)CC3)c(N)c2C(N)=O)cc1.[2H]C([2H])([2H])C(n1nc(-c2ccc(C(C)C(=O)Cc3onc(CC(C)(C)C)c3F)cc2)c(C(N)=O)c1N)C([2H])([2H])[2H]. The molecule has 0 spiro atoms. The number of halogens is 1. The zero-order valence-corrected chi connectivity index (χ0v) is 80.0. The van der Waals surface area contributed by atoms with Crippen molar-refractivity contribution >= 4 is 82.0 Å². The highest BCUT2D eigenvalue weighted by atomic mass is 19.1. The molecular weight excluding hydrogens is 1760 g/mol. The summed E-state index contributed by atoms with van der Waals surface area (Å²) in [6, 6.07) is 31.9. The Morgan fingerprint density at radius 2 is 0.732 bits per heavy atom. The molecule has 0 radical (unpaired) electrons. The van der Waals surface area contributed by atoms with Gasteiger partial charge in [0.1, 0.15) is 91.3 Å². The first-order valence-corrected chi connectivity index (χ1v) is 46.6. The van der Waals surface area contributed by atoms with E-state index in [1.54, 1.807) is 33.1 Å². The van der Waals surface area contributed by atoms with Gasteiger partial charge in [-0.1, -0.05) is 173 Å². The second kappa shape index (κ2) is 34.5. The lowest BCUT2D eigenvalue weighted by atomic mass is 9.35. The Kier molecular flexibility index (Phi) is 22.0. The molecule has 724 valence electrons. The van der Waals surface area contributed by atoms with Crippen molar-refractivity contribution in [1.82, 2.24) is 59.7 Å². The highest BCUT2D eigenvalue weighted by molar-refractivity contribution is 6.06. The van der Waals surface area contributed by atoms with Crippen molar-refractivity contribution in [3.8, 4) is 45.0 Å². The van der Waals surface area contributed by atoms with Crippen molar-refractivity contribution in [1.29, 1.82) is 0 Å². The van der Waals surface area contributed by atoms with Gasteiger partial charge in [-0.05, 0) is 183 Å². The molecule has 34 nitrogen and oxygen atoms in total. The summed E-state index contributed by atoms with van der Waals surface area (Å²) >= 11 is 0. The molecule has 8 aromatic heterocycles. The first-order chi connectivity index (χ1) is 67.3. The van der Waals surface area contributed by atoms with Crippen LogP contribution in [0.2, 0.25) is 0 Å². The molecule has 23 rings (SSSR count). The second-order valence-corrected chi connectivity index (χ2v) is 43.0. The van der Waals surface area contributed by atoms with Crippen molar-refractivity contribution in [3.63, 3.8) is 0 Å². The van der Waals surface area contributed by atoms with E-state index in [0.717, 1.165) is 115 Å². The standard InChI is InChI=1S/2C26H30N6O3.C26H31N5O3.C25H32FN5O3/c2*1-14(23(34)29-18-10-17(31-35-18)26-11-24(2,12-26)13-26)15-4-6-16(7-5-15)20-19(22(28)33)21(27)32(30-20)25(3)8-9-25;1-14(2)31-23(27)21(24(28)33)22(29-31)17-7-5-16(6-8-17)15(3)19(32)9-18-10-20(30-34-18)26-11-25(4,12-26)13-26;1-13(2)31-23(27)20(24(28)33)22(29-31)16-9-7-15(8-10-16)14(3)18(32)11-19-21(26)17(30-34-19)12-25(4,5)6/h2*4-7,10,14H,8-9,11-13,27H2,1-3H3,(H2,28,33)(H,29,34);5-8,10,14-15H,9,11-13,27H2,1-4H3,(H2,28,33);7-10,13-14H,11-12,27H2,1-6H3,(H2,28,33)/i;;;1D3,2D3. The smallest absolute Gasteiger partial charge is 0.254 e. The molecule has 0 saturated heterocycles. The number of nitrogens with two attached hydrogens (primary N) is 8. The Bertz CT molecular complexity index is 6810. The molecule has 6 amide bonds. The molecule has 11 saturated carbocycles. The monoisotopic (exact) mass is 1890 g/mol. The van der Waals surface area contributed by atoms with E-state index in [0.29, 0.717) is 79.2 Å². The summed E-state index contributed by atoms with van der Waals surface area (Å²) in [6.45, 7) is 21.8.